The first-order valence-electron chi connectivity index (χ1n) is 8.67. The van der Waals surface area contributed by atoms with Crippen LogP contribution in [0.5, 0.6) is 0 Å². The summed E-state index contributed by atoms with van der Waals surface area (Å²) >= 11 is 0. The van der Waals surface area contributed by atoms with Gasteiger partial charge in [0.2, 0.25) is 0 Å². The van der Waals surface area contributed by atoms with Crippen LogP contribution in [0.2, 0.25) is 0 Å². The van der Waals surface area contributed by atoms with Crippen LogP contribution in [0.1, 0.15) is 24.0 Å². The fraction of sp³-hybridized carbons (Fsp3) is 0.421. The van der Waals surface area contributed by atoms with E-state index in [2.05, 4.69) is 12.7 Å². The molecule has 4 nitrogen and oxygen atoms in total. The minimum Gasteiger partial charge on any atom is -0.281 e. The van der Waals surface area contributed by atoms with Crippen LogP contribution < -0.4 is 4.31 Å². The minimum atomic E-state index is -4.70. The van der Waals surface area contributed by atoms with Crippen LogP contribution >= 0.6 is 10.8 Å². The van der Waals surface area contributed by atoms with Gasteiger partial charge in [-0.3, -0.25) is 13.4 Å². The maximum Gasteiger partial charge on any atom is 0.417 e. The summed E-state index contributed by atoms with van der Waals surface area (Å²) < 4.78 is 63.7. The van der Waals surface area contributed by atoms with Gasteiger partial charge in [-0.1, -0.05) is 18.2 Å². The van der Waals surface area contributed by atoms with E-state index in [1.165, 1.54) is 10.4 Å². The Kier molecular flexibility index (Phi) is 4.11. The fourth-order valence-electron chi connectivity index (χ4n) is 5.02. The molecule has 8 heteroatoms. The first-order valence-corrected chi connectivity index (χ1v) is 10.2. The molecule has 0 unspecified atom stereocenters. The zero-order valence-corrected chi connectivity index (χ0v) is 15.1. The van der Waals surface area contributed by atoms with E-state index in [1.54, 1.807) is 12.1 Å². The fourth-order valence-corrected chi connectivity index (χ4v) is 7.81. The molecule has 144 valence electrons. The van der Waals surface area contributed by atoms with Gasteiger partial charge in [0.25, 0.3) is 0 Å². The Labute approximate surface area is 157 Å². The quantitative estimate of drug-likeness (QED) is 0.690. The van der Waals surface area contributed by atoms with Crippen LogP contribution in [-0.4, -0.2) is 20.4 Å². The Balaban J connectivity index is 1.83. The second-order valence-corrected chi connectivity index (χ2v) is 9.37. The third-order valence-electron chi connectivity index (χ3n) is 5.94. The molecule has 5 atom stereocenters. The second-order valence-electron chi connectivity index (χ2n) is 7.31. The lowest BCUT2D eigenvalue weighted by Gasteiger charge is -2.45. The zero-order chi connectivity index (χ0) is 19.6. The van der Waals surface area contributed by atoms with E-state index in [4.69, 9.17) is 5.26 Å². The molecule has 1 saturated heterocycles. The highest BCUT2D eigenvalue weighted by Crippen LogP contribution is 2.70. The lowest BCUT2D eigenvalue weighted by Crippen LogP contribution is -2.35. The van der Waals surface area contributed by atoms with Gasteiger partial charge in [0, 0.05) is 5.92 Å². The molecule has 2 bridgehead atoms. The Morgan fingerprint density at radius 3 is 2.63 bits per heavy atom. The van der Waals surface area contributed by atoms with E-state index in [-0.39, 0.29) is 34.7 Å². The van der Waals surface area contributed by atoms with E-state index in [0.29, 0.717) is 6.42 Å². The van der Waals surface area contributed by atoms with Crippen molar-refractivity contribution in [2.45, 2.75) is 30.3 Å². The first kappa shape index (κ1) is 18.4. The highest BCUT2D eigenvalue weighted by molar-refractivity contribution is 8.26. The summed E-state index contributed by atoms with van der Waals surface area (Å²) in [7, 11) is -3.32. The molecule has 0 spiro atoms. The molecule has 1 saturated carbocycles. The van der Waals surface area contributed by atoms with Crippen molar-refractivity contribution in [1.82, 2.24) is 0 Å². The lowest BCUT2D eigenvalue weighted by atomic mass is 9.84. The number of halogens is 3. The smallest absolute Gasteiger partial charge is 0.281 e. The Hall–Kier alpha value is -1.95. The van der Waals surface area contributed by atoms with Crippen molar-refractivity contribution in [1.29, 1.82) is 5.26 Å². The minimum absolute atomic E-state index is 0.0304. The average molecular weight is 396 g/mol. The second kappa shape index (κ2) is 6.03. The molecule has 0 aromatic heterocycles. The normalized spacial score (nSPS) is 34.4. The van der Waals surface area contributed by atoms with Crippen molar-refractivity contribution in [2.24, 2.45) is 17.8 Å². The van der Waals surface area contributed by atoms with E-state index >= 15 is 0 Å². The number of allylic oxidation sites excluding steroid dienone is 2. The molecule has 4 rings (SSSR count). The average Bonchev–Trinajstić information content (AvgIpc) is 3.26. The van der Waals surface area contributed by atoms with E-state index in [0.717, 1.165) is 18.6 Å². The van der Waals surface area contributed by atoms with Gasteiger partial charge >= 0.3 is 6.18 Å². The Morgan fingerprint density at radius 1 is 1.30 bits per heavy atom. The molecule has 27 heavy (non-hydrogen) atoms. The molecule has 1 aromatic carbocycles. The summed E-state index contributed by atoms with van der Waals surface area (Å²) in [5.41, 5.74) is -1.46. The monoisotopic (exact) mass is 396 g/mol. The summed E-state index contributed by atoms with van der Waals surface area (Å²) in [5.74, 6) is 0.192. The van der Waals surface area contributed by atoms with E-state index in [1.807, 2.05) is 6.08 Å². The molecule has 0 radical (unpaired) electrons. The molecular formula is C19H19F3N2O2S. The molecule has 2 N–H and O–H groups in total. The molecule has 1 aliphatic heterocycles. The van der Waals surface area contributed by atoms with Crippen LogP contribution in [0.3, 0.4) is 0 Å². The third kappa shape index (κ3) is 2.60. The number of fused-ring (bicyclic) bond motifs is 5. The number of hydrogen-bond donors (Lipinski definition) is 2. The molecule has 0 amide bonds. The number of benzene rings is 1. The number of nitriles is 1. The van der Waals surface area contributed by atoms with Crippen molar-refractivity contribution in [3.05, 3.63) is 54.1 Å². The number of anilines is 1. The van der Waals surface area contributed by atoms with Gasteiger partial charge < -0.3 is 0 Å². The van der Waals surface area contributed by atoms with Crippen molar-refractivity contribution in [3.63, 3.8) is 0 Å². The number of alkyl halides is 3. The van der Waals surface area contributed by atoms with E-state index in [9.17, 15) is 22.3 Å². The summed E-state index contributed by atoms with van der Waals surface area (Å²) in [4.78, 5) is 0. The third-order valence-corrected chi connectivity index (χ3v) is 8.39. The molecule has 3 aliphatic rings. The summed E-state index contributed by atoms with van der Waals surface area (Å²) in [5, 5.41) is 8.62. The Morgan fingerprint density at radius 2 is 2.00 bits per heavy atom. The summed E-state index contributed by atoms with van der Waals surface area (Å²) in [6.07, 6.45) is 2.34. The topological polar surface area (TPSA) is 67.5 Å². The van der Waals surface area contributed by atoms with Crippen LogP contribution in [0.4, 0.5) is 18.9 Å². The number of nitrogens with zero attached hydrogens (tertiary/aromatic N) is 2. The van der Waals surface area contributed by atoms with Crippen LogP contribution in [0.15, 0.2) is 43.0 Å². The van der Waals surface area contributed by atoms with Crippen LogP contribution in [0, 0.1) is 29.1 Å². The molecular weight excluding hydrogens is 377 g/mol. The largest absolute Gasteiger partial charge is 0.417 e. The summed E-state index contributed by atoms with van der Waals surface area (Å²) in [6, 6.07) is 4.54. The van der Waals surface area contributed by atoms with Gasteiger partial charge in [-0.25, -0.2) is 0 Å². The van der Waals surface area contributed by atoms with Crippen molar-refractivity contribution in [2.75, 3.05) is 4.31 Å². The molecule has 1 heterocycles. The number of rotatable bonds is 3. The maximum absolute atomic E-state index is 13.4. The summed E-state index contributed by atoms with van der Waals surface area (Å²) in [6.45, 7) is 3.74. The van der Waals surface area contributed by atoms with Gasteiger partial charge in [0.05, 0.1) is 34.2 Å². The van der Waals surface area contributed by atoms with Gasteiger partial charge in [0.1, 0.15) is 0 Å². The van der Waals surface area contributed by atoms with Crippen LogP contribution in [-0.2, 0) is 6.18 Å². The highest BCUT2D eigenvalue weighted by Gasteiger charge is 2.62. The molecule has 2 aliphatic carbocycles. The predicted octanol–water partition coefficient (Wildman–Crippen LogP) is 5.20. The lowest BCUT2D eigenvalue weighted by molar-refractivity contribution is -0.137. The van der Waals surface area contributed by atoms with Gasteiger partial charge in [0.15, 0.2) is 0 Å². The highest BCUT2D eigenvalue weighted by atomic mass is 32.3. The number of hydrogen-bond acceptors (Lipinski definition) is 4. The molecule has 1 aromatic rings. The molecule has 2 fully saturated rings. The Bertz CT molecular complexity index is 861. The predicted molar refractivity (Wildman–Crippen MR) is 98.1 cm³/mol. The SMILES string of the molecule is C=CC[C@H]1[C@H]2[C@H]([C@H]3C=C[C@@H]2C3)S(O)(O)N1c1ccc(C#N)c(C(F)(F)F)c1. The first-order chi connectivity index (χ1) is 12.7. The van der Waals surface area contributed by atoms with Crippen molar-refractivity contribution < 1.29 is 22.3 Å². The van der Waals surface area contributed by atoms with Gasteiger partial charge in [-0.15, -0.1) is 17.4 Å². The zero-order valence-electron chi connectivity index (χ0n) is 14.3. The van der Waals surface area contributed by atoms with Crippen molar-refractivity contribution in [3.8, 4) is 6.07 Å². The maximum atomic E-state index is 13.4. The van der Waals surface area contributed by atoms with E-state index < -0.39 is 28.1 Å². The van der Waals surface area contributed by atoms with Crippen molar-refractivity contribution >= 4 is 16.5 Å². The van der Waals surface area contributed by atoms with Crippen LogP contribution in [0.25, 0.3) is 0 Å². The standard InChI is InChI=1S/C19H19F3N2O2S/c1-2-3-16-17-11-4-5-12(8-11)18(17)27(25,26)24(16)14-7-6-13(10-23)15(9-14)19(20,21)22/h2,4-7,9,11-12,16-18,25-26H,1,3,8H2/t11-,12+,16+,17+,18+/m1/s1. The van der Waals surface area contributed by atoms with Gasteiger partial charge in [-0.05, 0) is 42.9 Å². The van der Waals surface area contributed by atoms with Gasteiger partial charge in [-0.2, -0.15) is 18.4 Å².